The number of urea groups is 1. The standard InChI is InChI=1S/C15H17ClN4O4/c1-2-9(14(21)22)7-17-15(23)18-8-12-19-13(20-24-12)10-3-5-11(16)6-4-10/h3-6,9H,2,7-8H2,1H3,(H,21,22)(H2,17,18,23). The summed E-state index contributed by atoms with van der Waals surface area (Å²) in [4.78, 5) is 26.7. The van der Waals surface area contributed by atoms with Gasteiger partial charge in [0.25, 0.3) is 0 Å². The van der Waals surface area contributed by atoms with E-state index in [4.69, 9.17) is 21.2 Å². The molecule has 2 amide bonds. The fourth-order valence-corrected chi connectivity index (χ4v) is 2.01. The average molecular weight is 353 g/mol. The lowest BCUT2D eigenvalue weighted by atomic mass is 10.1. The minimum absolute atomic E-state index is 0.0380. The van der Waals surface area contributed by atoms with E-state index in [2.05, 4.69) is 20.8 Å². The maximum atomic E-state index is 11.7. The minimum Gasteiger partial charge on any atom is -0.481 e. The number of carbonyl (C=O) groups is 2. The molecule has 128 valence electrons. The topological polar surface area (TPSA) is 117 Å². The summed E-state index contributed by atoms with van der Waals surface area (Å²) in [5, 5.41) is 18.4. The molecule has 1 atom stereocenters. The predicted octanol–water partition coefficient (Wildman–Crippen LogP) is 2.30. The molecule has 0 spiro atoms. The molecule has 0 aliphatic heterocycles. The Morgan fingerprint density at radius 2 is 2.00 bits per heavy atom. The van der Waals surface area contributed by atoms with Crippen LogP contribution in [0.15, 0.2) is 28.8 Å². The number of nitrogens with zero attached hydrogens (tertiary/aromatic N) is 2. The number of benzene rings is 1. The number of amides is 2. The summed E-state index contributed by atoms with van der Waals surface area (Å²) in [5.41, 5.74) is 0.742. The number of aromatic nitrogens is 2. The second-order valence-corrected chi connectivity index (χ2v) is 5.46. The van der Waals surface area contributed by atoms with Gasteiger partial charge in [0.15, 0.2) is 0 Å². The lowest BCUT2D eigenvalue weighted by molar-refractivity contribution is -0.141. The van der Waals surface area contributed by atoms with Gasteiger partial charge in [-0.05, 0) is 30.7 Å². The van der Waals surface area contributed by atoms with Crippen molar-refractivity contribution in [3.05, 3.63) is 35.2 Å². The normalized spacial score (nSPS) is 11.8. The third-order valence-electron chi connectivity index (χ3n) is 3.32. The van der Waals surface area contributed by atoms with E-state index < -0.39 is 17.9 Å². The lowest BCUT2D eigenvalue weighted by Crippen LogP contribution is -2.39. The molecule has 0 aliphatic carbocycles. The molecule has 1 aromatic heterocycles. The Bertz CT molecular complexity index is 702. The van der Waals surface area contributed by atoms with E-state index >= 15 is 0 Å². The highest BCUT2D eigenvalue weighted by molar-refractivity contribution is 6.30. The van der Waals surface area contributed by atoms with E-state index in [9.17, 15) is 9.59 Å². The number of hydrogen-bond acceptors (Lipinski definition) is 5. The first kappa shape index (κ1) is 17.7. The predicted molar refractivity (Wildman–Crippen MR) is 86.4 cm³/mol. The lowest BCUT2D eigenvalue weighted by Gasteiger charge is -2.11. The van der Waals surface area contributed by atoms with Gasteiger partial charge in [-0.15, -0.1) is 0 Å². The highest BCUT2D eigenvalue weighted by Crippen LogP contribution is 2.18. The van der Waals surface area contributed by atoms with Crippen molar-refractivity contribution in [3.63, 3.8) is 0 Å². The second-order valence-electron chi connectivity index (χ2n) is 5.03. The summed E-state index contributed by atoms with van der Waals surface area (Å²) < 4.78 is 5.05. The molecular formula is C15H17ClN4O4. The number of rotatable bonds is 7. The number of carboxylic acids is 1. The van der Waals surface area contributed by atoms with Crippen LogP contribution in [0, 0.1) is 5.92 Å². The highest BCUT2D eigenvalue weighted by Gasteiger charge is 2.16. The van der Waals surface area contributed by atoms with Crippen LogP contribution in [-0.2, 0) is 11.3 Å². The van der Waals surface area contributed by atoms with Gasteiger partial charge in [-0.2, -0.15) is 4.98 Å². The van der Waals surface area contributed by atoms with E-state index in [1.807, 2.05) is 0 Å². The summed E-state index contributed by atoms with van der Waals surface area (Å²) in [6.07, 6.45) is 0.434. The minimum atomic E-state index is -0.942. The van der Waals surface area contributed by atoms with E-state index in [1.54, 1.807) is 31.2 Å². The van der Waals surface area contributed by atoms with Gasteiger partial charge in [-0.25, -0.2) is 4.79 Å². The number of halogens is 1. The average Bonchev–Trinajstić information content (AvgIpc) is 3.03. The fourth-order valence-electron chi connectivity index (χ4n) is 1.88. The molecule has 0 fully saturated rings. The first-order valence-electron chi connectivity index (χ1n) is 7.32. The molecule has 8 nitrogen and oxygen atoms in total. The van der Waals surface area contributed by atoms with Gasteiger partial charge in [-0.3, -0.25) is 4.79 Å². The van der Waals surface area contributed by atoms with Gasteiger partial charge < -0.3 is 20.3 Å². The molecule has 1 heterocycles. The molecule has 0 radical (unpaired) electrons. The van der Waals surface area contributed by atoms with E-state index in [1.165, 1.54) is 0 Å². The van der Waals surface area contributed by atoms with Crippen LogP contribution >= 0.6 is 11.6 Å². The van der Waals surface area contributed by atoms with Crippen LogP contribution in [0.25, 0.3) is 11.4 Å². The molecule has 0 saturated heterocycles. The number of aliphatic carboxylic acids is 1. The number of carbonyl (C=O) groups excluding carboxylic acids is 1. The number of nitrogens with one attached hydrogen (secondary N) is 2. The summed E-state index contributed by atoms with van der Waals surface area (Å²) in [6.45, 7) is 1.84. The summed E-state index contributed by atoms with van der Waals surface area (Å²) in [5.74, 6) is -0.931. The largest absolute Gasteiger partial charge is 0.481 e. The molecule has 9 heteroatoms. The number of carboxylic acid groups (broad SMARTS) is 1. The van der Waals surface area contributed by atoms with Crippen LogP contribution in [-0.4, -0.2) is 33.8 Å². The molecule has 0 bridgehead atoms. The van der Waals surface area contributed by atoms with Crippen molar-refractivity contribution < 1.29 is 19.2 Å². The SMILES string of the molecule is CCC(CNC(=O)NCc1nc(-c2ccc(Cl)cc2)no1)C(=O)O. The van der Waals surface area contributed by atoms with Gasteiger partial charge in [-0.1, -0.05) is 23.7 Å². The first-order valence-corrected chi connectivity index (χ1v) is 7.70. The molecule has 0 saturated carbocycles. The van der Waals surface area contributed by atoms with Gasteiger partial charge in [0.1, 0.15) is 0 Å². The maximum absolute atomic E-state index is 11.7. The number of hydrogen-bond donors (Lipinski definition) is 3. The molecule has 1 aromatic carbocycles. The first-order chi connectivity index (χ1) is 11.5. The third-order valence-corrected chi connectivity index (χ3v) is 3.57. The Morgan fingerprint density at radius 3 is 2.62 bits per heavy atom. The van der Waals surface area contributed by atoms with Crippen molar-refractivity contribution in [2.45, 2.75) is 19.9 Å². The molecule has 24 heavy (non-hydrogen) atoms. The zero-order chi connectivity index (χ0) is 17.5. The molecule has 0 aliphatic rings. The molecule has 3 N–H and O–H groups in total. The van der Waals surface area contributed by atoms with Crippen LogP contribution in [0.5, 0.6) is 0 Å². The van der Waals surface area contributed by atoms with Crippen molar-refractivity contribution in [1.29, 1.82) is 0 Å². The van der Waals surface area contributed by atoms with Gasteiger partial charge in [0.05, 0.1) is 12.5 Å². The van der Waals surface area contributed by atoms with Crippen LogP contribution in [0.3, 0.4) is 0 Å². The molecular weight excluding hydrogens is 336 g/mol. The molecule has 2 rings (SSSR count). The summed E-state index contributed by atoms with van der Waals surface area (Å²) in [7, 11) is 0. The zero-order valence-electron chi connectivity index (χ0n) is 13.0. The van der Waals surface area contributed by atoms with E-state index in [0.29, 0.717) is 17.3 Å². The third kappa shape index (κ3) is 4.95. The van der Waals surface area contributed by atoms with Crippen molar-refractivity contribution in [3.8, 4) is 11.4 Å². The second kappa shape index (κ2) is 8.30. The Labute approximate surface area is 143 Å². The monoisotopic (exact) mass is 352 g/mol. The van der Waals surface area contributed by atoms with Crippen molar-refractivity contribution >= 4 is 23.6 Å². The zero-order valence-corrected chi connectivity index (χ0v) is 13.7. The Morgan fingerprint density at radius 1 is 1.29 bits per heavy atom. The maximum Gasteiger partial charge on any atom is 0.315 e. The van der Waals surface area contributed by atoms with E-state index in [0.717, 1.165) is 5.56 Å². The summed E-state index contributed by atoms with van der Waals surface area (Å²) in [6, 6.07) is 6.44. The van der Waals surface area contributed by atoms with Crippen molar-refractivity contribution in [1.82, 2.24) is 20.8 Å². The van der Waals surface area contributed by atoms with E-state index in [-0.39, 0.29) is 19.0 Å². The van der Waals surface area contributed by atoms with Crippen molar-refractivity contribution in [2.24, 2.45) is 5.92 Å². The highest BCUT2D eigenvalue weighted by atomic mass is 35.5. The van der Waals surface area contributed by atoms with Gasteiger partial charge in [0.2, 0.25) is 11.7 Å². The summed E-state index contributed by atoms with van der Waals surface area (Å²) >= 11 is 5.82. The van der Waals surface area contributed by atoms with Crippen LogP contribution in [0.4, 0.5) is 4.79 Å². The van der Waals surface area contributed by atoms with Crippen LogP contribution in [0.1, 0.15) is 19.2 Å². The van der Waals surface area contributed by atoms with Crippen LogP contribution in [0.2, 0.25) is 5.02 Å². The fraction of sp³-hybridized carbons (Fsp3) is 0.333. The van der Waals surface area contributed by atoms with Crippen LogP contribution < -0.4 is 10.6 Å². The van der Waals surface area contributed by atoms with Crippen molar-refractivity contribution in [2.75, 3.05) is 6.54 Å². The molecule has 2 aromatic rings. The van der Waals surface area contributed by atoms with Gasteiger partial charge >= 0.3 is 12.0 Å². The van der Waals surface area contributed by atoms with Gasteiger partial charge in [0, 0.05) is 17.1 Å². The Kier molecular flexibility index (Phi) is 6.14. The molecule has 1 unspecified atom stereocenters. The smallest absolute Gasteiger partial charge is 0.315 e. The Balaban J connectivity index is 1.83. The quantitative estimate of drug-likeness (QED) is 0.703. The Hall–Kier alpha value is -2.61.